The van der Waals surface area contributed by atoms with Crippen LogP contribution in [0.2, 0.25) is 0 Å². The number of hydrogen-bond acceptors (Lipinski definition) is 3. The molecule has 0 rings (SSSR count). The van der Waals surface area contributed by atoms with Gasteiger partial charge >= 0.3 is 0 Å². The Morgan fingerprint density at radius 3 is 2.00 bits per heavy atom. The number of methoxy groups -OCH3 is 1. The highest BCUT2D eigenvalue weighted by Crippen LogP contribution is 1.78. The summed E-state index contributed by atoms with van der Waals surface area (Å²) in [6.07, 6.45) is -0.259. The third-order valence-electron chi connectivity index (χ3n) is 0.535. The van der Waals surface area contributed by atoms with Crippen molar-refractivity contribution in [2.75, 3.05) is 7.11 Å². The zero-order valence-corrected chi connectivity index (χ0v) is 6.46. The Balaban J connectivity index is 0. The lowest BCUT2D eigenvalue weighted by Gasteiger charge is -1.91. The molecule has 0 aromatic heterocycles. The zero-order chi connectivity index (χ0) is 8.57. The molecular formula is C4H9NO4S. The van der Waals surface area contributed by atoms with E-state index in [-0.39, 0.29) is 6.10 Å². The number of hydrogen-bond donors (Lipinski definition) is 2. The molecule has 0 saturated heterocycles. The summed E-state index contributed by atoms with van der Waals surface area (Å²) < 4.78 is 27.4. The van der Waals surface area contributed by atoms with Crippen LogP contribution in [-0.2, 0) is 16.1 Å². The number of rotatable bonds is 1. The molecule has 6 heteroatoms. The molecule has 0 aliphatic rings. The Kier molecular flexibility index (Phi) is 10.4. The van der Waals surface area contributed by atoms with Gasteiger partial charge in [0.2, 0.25) is 0 Å². The average Bonchev–Trinajstić information content (AvgIpc) is 1.85. The Morgan fingerprint density at radius 1 is 1.70 bits per heavy atom. The average molecular weight is 167 g/mol. The van der Waals surface area contributed by atoms with Gasteiger partial charge in [-0.2, -0.15) is 9.47 Å². The predicted octanol–water partition coefficient (Wildman–Crippen LogP) is 0.226. The summed E-state index contributed by atoms with van der Waals surface area (Å²) in [6, 6.07) is 1.89. The van der Waals surface area contributed by atoms with Gasteiger partial charge in [-0.15, -0.1) is 0 Å². The van der Waals surface area contributed by atoms with E-state index in [1.165, 1.54) is 7.11 Å². The highest BCUT2D eigenvalue weighted by atomic mass is 32.2. The maximum Gasteiger partial charge on any atom is 0.299 e. The Morgan fingerprint density at radius 2 is 2.00 bits per heavy atom. The molecule has 1 unspecified atom stereocenters. The van der Waals surface area contributed by atoms with Crippen LogP contribution < -0.4 is 0 Å². The number of nitrogens with zero attached hydrogens (tertiary/aromatic N) is 1. The Hall–Kier alpha value is -0.480. The van der Waals surface area contributed by atoms with Crippen molar-refractivity contribution in [3.63, 3.8) is 0 Å². The largest absolute Gasteiger partial charge is 0.367 e. The van der Waals surface area contributed by atoms with Gasteiger partial charge < -0.3 is 4.74 Å². The first-order valence-electron chi connectivity index (χ1n) is 2.27. The third kappa shape index (κ3) is 25.8. The van der Waals surface area contributed by atoms with Crippen molar-refractivity contribution >= 4 is 11.4 Å². The molecule has 60 valence electrons. The lowest BCUT2D eigenvalue weighted by molar-refractivity contribution is 0.162. The summed E-state index contributed by atoms with van der Waals surface area (Å²) in [5.74, 6) is 0. The van der Waals surface area contributed by atoms with Gasteiger partial charge in [0, 0.05) is 7.11 Å². The van der Waals surface area contributed by atoms with E-state index in [9.17, 15) is 0 Å². The predicted molar refractivity (Wildman–Crippen MR) is 35.5 cm³/mol. The van der Waals surface area contributed by atoms with Crippen molar-refractivity contribution in [3.05, 3.63) is 0 Å². The normalized spacial score (nSPS) is 11.2. The fourth-order valence-corrected chi connectivity index (χ4v) is 0.0527. The van der Waals surface area contributed by atoms with Crippen molar-refractivity contribution in [2.24, 2.45) is 0 Å². The molecular weight excluding hydrogens is 158 g/mol. The van der Waals surface area contributed by atoms with Crippen molar-refractivity contribution in [3.8, 4) is 6.07 Å². The van der Waals surface area contributed by atoms with Crippen molar-refractivity contribution < 1.29 is 18.1 Å². The molecule has 5 nitrogen and oxygen atoms in total. The molecule has 2 N–H and O–H groups in total. The second-order valence-electron chi connectivity index (χ2n) is 1.24. The molecule has 0 saturated carbocycles. The summed E-state index contributed by atoms with van der Waals surface area (Å²) >= 11 is -2.61. The van der Waals surface area contributed by atoms with Gasteiger partial charge in [0.15, 0.2) is 0 Å². The van der Waals surface area contributed by atoms with Gasteiger partial charge in [-0.05, 0) is 6.92 Å². The van der Waals surface area contributed by atoms with Gasteiger partial charge in [-0.25, -0.2) is 0 Å². The van der Waals surface area contributed by atoms with Gasteiger partial charge in [-0.1, -0.05) is 0 Å². The van der Waals surface area contributed by atoms with E-state index >= 15 is 0 Å². The van der Waals surface area contributed by atoms with E-state index in [2.05, 4.69) is 4.74 Å². The third-order valence-corrected chi connectivity index (χ3v) is 0.535. The van der Waals surface area contributed by atoms with Crippen molar-refractivity contribution in [1.82, 2.24) is 0 Å². The summed E-state index contributed by atoms with van der Waals surface area (Å²) in [7, 11) is 1.51. The quantitative estimate of drug-likeness (QED) is 0.545. The summed E-state index contributed by atoms with van der Waals surface area (Å²) in [6.45, 7) is 1.69. The minimum Gasteiger partial charge on any atom is -0.367 e. The van der Waals surface area contributed by atoms with Crippen LogP contribution in [0.5, 0.6) is 0 Å². The molecule has 0 bridgehead atoms. The maximum absolute atomic E-state index is 8.67. The lowest BCUT2D eigenvalue weighted by atomic mass is 10.5. The first kappa shape index (κ1) is 12.2. The molecule has 0 radical (unpaired) electrons. The molecule has 10 heavy (non-hydrogen) atoms. The topological polar surface area (TPSA) is 90.5 Å². The van der Waals surface area contributed by atoms with E-state index in [0.717, 1.165) is 0 Å². The monoisotopic (exact) mass is 167 g/mol. The molecule has 0 amide bonds. The van der Waals surface area contributed by atoms with Crippen LogP contribution in [0, 0.1) is 11.3 Å². The van der Waals surface area contributed by atoms with E-state index in [0.29, 0.717) is 0 Å². The molecule has 0 fully saturated rings. The second kappa shape index (κ2) is 8.52. The maximum atomic E-state index is 8.67. The second-order valence-corrected chi connectivity index (χ2v) is 1.70. The van der Waals surface area contributed by atoms with Gasteiger partial charge in [0.05, 0.1) is 6.07 Å². The SMILES string of the molecule is COC(C)C#N.O=S(O)O. The molecule has 0 aromatic rings. The van der Waals surface area contributed by atoms with Crippen LogP contribution in [-0.4, -0.2) is 26.5 Å². The molecule has 0 aliphatic heterocycles. The van der Waals surface area contributed by atoms with Crippen LogP contribution in [0.3, 0.4) is 0 Å². The zero-order valence-electron chi connectivity index (χ0n) is 5.64. The Labute approximate surface area is 61.7 Å². The van der Waals surface area contributed by atoms with Crippen molar-refractivity contribution in [2.45, 2.75) is 13.0 Å². The summed E-state index contributed by atoms with van der Waals surface area (Å²) in [5, 5.41) is 7.96. The van der Waals surface area contributed by atoms with Crippen LogP contribution in [0.1, 0.15) is 6.92 Å². The molecule has 0 aliphatic carbocycles. The van der Waals surface area contributed by atoms with Gasteiger partial charge in [0.25, 0.3) is 11.4 Å². The number of nitriles is 1. The minimum atomic E-state index is -2.61. The highest BCUT2D eigenvalue weighted by molar-refractivity contribution is 7.73. The number of ether oxygens (including phenoxy) is 1. The first-order valence-corrected chi connectivity index (χ1v) is 3.33. The van der Waals surface area contributed by atoms with Gasteiger partial charge in [-0.3, -0.25) is 9.11 Å². The van der Waals surface area contributed by atoms with Crippen molar-refractivity contribution in [1.29, 1.82) is 5.26 Å². The van der Waals surface area contributed by atoms with E-state index in [4.69, 9.17) is 18.6 Å². The van der Waals surface area contributed by atoms with E-state index in [1.807, 2.05) is 6.07 Å². The van der Waals surface area contributed by atoms with E-state index < -0.39 is 11.4 Å². The van der Waals surface area contributed by atoms with Crippen LogP contribution >= 0.6 is 0 Å². The van der Waals surface area contributed by atoms with Crippen LogP contribution in [0.25, 0.3) is 0 Å². The molecule has 1 atom stereocenters. The van der Waals surface area contributed by atoms with Gasteiger partial charge in [0.1, 0.15) is 6.10 Å². The van der Waals surface area contributed by atoms with E-state index in [1.54, 1.807) is 6.92 Å². The summed E-state index contributed by atoms with van der Waals surface area (Å²) in [5.41, 5.74) is 0. The van der Waals surface area contributed by atoms with Crippen LogP contribution in [0.15, 0.2) is 0 Å². The molecule has 0 spiro atoms. The fourth-order valence-electron chi connectivity index (χ4n) is 0.0527. The van der Waals surface area contributed by atoms with Crippen LogP contribution in [0.4, 0.5) is 0 Å². The first-order chi connectivity index (χ1) is 4.54. The molecule has 0 heterocycles. The lowest BCUT2D eigenvalue weighted by Crippen LogP contribution is -1.97. The minimum absolute atomic E-state index is 0.259. The highest BCUT2D eigenvalue weighted by Gasteiger charge is 1.88. The molecule has 0 aromatic carbocycles. The fraction of sp³-hybridized carbons (Fsp3) is 0.750. The Bertz CT molecular complexity index is 128. The standard InChI is InChI=1S/C4H7NO.H2O3S/c1-4(3-5)6-2;1-4(2)3/h4H,1-2H3;(H2,1,2,3). The smallest absolute Gasteiger partial charge is 0.299 e. The summed E-state index contributed by atoms with van der Waals surface area (Å²) in [4.78, 5) is 0.